The Balaban J connectivity index is 0.000000200. The summed E-state index contributed by atoms with van der Waals surface area (Å²) in [4.78, 5) is 0. The van der Waals surface area contributed by atoms with Crippen LogP contribution in [0.2, 0.25) is 0 Å². The first kappa shape index (κ1) is 41.5. The van der Waals surface area contributed by atoms with Crippen LogP contribution in [0.25, 0.3) is 21.5 Å². The number of fused-ring (bicyclic) bond motifs is 2. The van der Waals surface area contributed by atoms with E-state index >= 15 is 0 Å². The summed E-state index contributed by atoms with van der Waals surface area (Å²) in [6.45, 7) is 0. The van der Waals surface area contributed by atoms with Gasteiger partial charge in [-0.3, -0.25) is 11.8 Å². The van der Waals surface area contributed by atoms with Gasteiger partial charge in [-0.2, -0.15) is 0 Å². The molecule has 8 aromatic rings. The molecule has 0 heterocycles. The number of rotatable bonds is 6. The molecule has 0 unspecified atom stereocenters. The zero-order valence-corrected chi connectivity index (χ0v) is 35.3. The molecule has 8 aromatic carbocycles. The molecule has 0 aliphatic rings. The monoisotopic (exact) mass is 1080 g/mol. The van der Waals surface area contributed by atoms with Gasteiger partial charge in [0.25, 0.3) is 0 Å². The molecule has 0 amide bonds. The fourth-order valence-electron chi connectivity index (χ4n) is 6.01. The van der Waals surface area contributed by atoms with Gasteiger partial charge in [-0.1, -0.05) is 133 Å². The first-order chi connectivity index (χ1) is 25.2. The number of hydrogen-bond acceptors (Lipinski definition) is 0. The molecule has 0 aliphatic carbocycles. The normalized spacial score (nSPS) is 9.96. The second kappa shape index (κ2) is 22.1. The molecule has 0 saturated heterocycles. The Morgan fingerprint density at radius 2 is 0.585 bits per heavy atom. The van der Waals surface area contributed by atoms with Crippen molar-refractivity contribution < 1.29 is 44.8 Å². The molecule has 0 N–H and O–H groups in total. The van der Waals surface area contributed by atoms with Crippen molar-refractivity contribution in [3.8, 4) is 11.8 Å². The van der Waals surface area contributed by atoms with Crippen molar-refractivity contribution in [2.45, 2.75) is 0 Å². The van der Waals surface area contributed by atoms with Crippen LogP contribution in [0.3, 0.4) is 0 Å². The Morgan fingerprint density at radius 3 is 0.868 bits per heavy atom. The predicted octanol–water partition coefficient (Wildman–Crippen LogP) is 10.2. The van der Waals surface area contributed by atoms with Crippen LogP contribution in [-0.2, 0) is 44.8 Å². The molecule has 0 saturated carbocycles. The average molecular weight is 1080 g/mol. The molecule has 4 heteroatoms. The van der Waals surface area contributed by atoms with E-state index in [-0.39, 0.29) is 44.8 Å². The van der Waals surface area contributed by atoms with Crippen molar-refractivity contribution >= 4 is 58.6 Å². The Hall–Kier alpha value is -4.26. The minimum absolute atomic E-state index is 0. The van der Waals surface area contributed by atoms with Crippen LogP contribution in [0.4, 0.5) is 0 Å². The molecule has 0 aliphatic heterocycles. The molecule has 0 atom stereocenters. The quantitative estimate of drug-likeness (QED) is 0.0674. The van der Waals surface area contributed by atoms with E-state index in [1.807, 2.05) is 72.8 Å². The Bertz CT molecular complexity index is 2120. The predicted molar refractivity (Wildman–Crippen MR) is 226 cm³/mol. The summed E-state index contributed by atoms with van der Waals surface area (Å²) in [7, 11) is -1.69. The van der Waals surface area contributed by atoms with E-state index in [0.717, 1.165) is 21.9 Å². The molecule has 0 nitrogen and oxygen atoms in total. The first-order valence-electron chi connectivity index (χ1n) is 17.0. The van der Waals surface area contributed by atoms with Crippen molar-refractivity contribution in [1.29, 1.82) is 0 Å². The maximum absolute atomic E-state index is 6.97. The van der Waals surface area contributed by atoms with Crippen molar-refractivity contribution in [3.63, 3.8) is 0 Å². The summed E-state index contributed by atoms with van der Waals surface area (Å²) in [6, 6.07) is 72.4. The summed E-state index contributed by atoms with van der Waals surface area (Å²) in [5.41, 5.74) is 1.66. The fraction of sp³-hybridized carbons (Fsp3) is 0.0204. The van der Waals surface area contributed by atoms with Crippen LogP contribution in [-0.4, -0.2) is 5.90 Å². The van der Waals surface area contributed by atoms with Crippen molar-refractivity contribution in [2.75, 3.05) is 5.90 Å². The van der Waals surface area contributed by atoms with Gasteiger partial charge in [0.05, 0.1) is 0 Å². The summed E-state index contributed by atoms with van der Waals surface area (Å²) in [5, 5.41) is 10.7. The summed E-state index contributed by atoms with van der Waals surface area (Å²) < 4.78 is 0. The van der Waals surface area contributed by atoms with Crippen LogP contribution in [0, 0.1) is 24.7 Å². The van der Waals surface area contributed by atoms with E-state index in [0.29, 0.717) is 0 Å². The van der Waals surface area contributed by atoms with Gasteiger partial charge in [-0.05, 0) is 70.1 Å². The third kappa shape index (κ3) is 11.9. The average Bonchev–Trinajstić information content (AvgIpc) is 3.22. The zero-order valence-electron chi connectivity index (χ0n) is 28.9. The largest absolute Gasteiger partial charge is 1.00 e. The zero-order chi connectivity index (χ0) is 35.1. The van der Waals surface area contributed by atoms with Gasteiger partial charge in [0.15, 0.2) is 5.90 Å². The topological polar surface area (TPSA) is 0 Å². The second-order valence-corrected chi connectivity index (χ2v) is 17.6. The summed E-state index contributed by atoms with van der Waals surface area (Å²) in [6.07, 6.45) is 13.9. The Kier molecular flexibility index (Phi) is 17.3. The van der Waals surface area contributed by atoms with Crippen LogP contribution >= 0.6 is 15.8 Å². The van der Waals surface area contributed by atoms with Crippen LogP contribution in [0.1, 0.15) is 11.1 Å². The van der Waals surface area contributed by atoms with E-state index in [2.05, 4.69) is 145 Å². The van der Waals surface area contributed by atoms with Gasteiger partial charge >= 0.3 is 44.8 Å². The standard InChI is InChI=1S/C25H22P2.2C12H7.2Au/c1-5-13-22(14-6-1)26(23-15-7-2-8-16-23)21-27(24-17-9-3-10-18-24)25-19-11-4-12-20-25;2*1-2-10-7-8-11-5-3-4-6-12(11)9-10;;/h1-20H,21H2;2*3-9H;;/q;2*-1;2*+1/p+2. The summed E-state index contributed by atoms with van der Waals surface area (Å²) >= 11 is 0. The molecule has 0 aromatic heterocycles. The van der Waals surface area contributed by atoms with E-state index < -0.39 is 15.8 Å². The molecule has 0 bridgehead atoms. The van der Waals surface area contributed by atoms with E-state index in [1.165, 1.54) is 37.9 Å². The van der Waals surface area contributed by atoms with Crippen molar-refractivity contribution in [2.24, 2.45) is 0 Å². The minimum atomic E-state index is -0.847. The smallest absolute Gasteiger partial charge is 0.366 e. The number of benzene rings is 8. The molecule has 53 heavy (non-hydrogen) atoms. The third-order valence-electron chi connectivity index (χ3n) is 8.63. The van der Waals surface area contributed by atoms with Crippen molar-refractivity contribution in [3.05, 3.63) is 230 Å². The van der Waals surface area contributed by atoms with Gasteiger partial charge < -0.3 is 12.8 Å². The minimum Gasteiger partial charge on any atom is -0.366 e. The maximum atomic E-state index is 6.97. The van der Waals surface area contributed by atoms with Gasteiger partial charge in [0.1, 0.15) is 37.1 Å². The first-order valence-corrected chi connectivity index (χ1v) is 20.4. The SMILES string of the molecule is [Au+].[Au+].[C-]#Cc1ccc2ccccc2c1.[C-]#Cc1ccc2ccccc2c1.c1ccc([PH+](C[PH+](c2ccccc2)c2ccccc2)c2ccccc2)cc1. The maximum Gasteiger partial charge on any atom is 1.00 e. The van der Waals surface area contributed by atoms with Gasteiger partial charge in [-0.15, -0.1) is 35.4 Å². The van der Waals surface area contributed by atoms with E-state index in [1.54, 1.807) is 0 Å². The van der Waals surface area contributed by atoms with Crippen molar-refractivity contribution in [1.82, 2.24) is 0 Å². The second-order valence-electron chi connectivity index (χ2n) is 12.0. The van der Waals surface area contributed by atoms with E-state index in [4.69, 9.17) is 12.8 Å². The van der Waals surface area contributed by atoms with Gasteiger partial charge in [0, 0.05) is 0 Å². The van der Waals surface area contributed by atoms with Crippen LogP contribution in [0.15, 0.2) is 206 Å². The van der Waals surface area contributed by atoms with Crippen LogP contribution in [0.5, 0.6) is 0 Å². The Morgan fingerprint density at radius 1 is 0.321 bits per heavy atom. The third-order valence-corrected chi connectivity index (χ3v) is 15.6. The fourth-order valence-corrected chi connectivity index (χ4v) is 13.7. The summed E-state index contributed by atoms with van der Waals surface area (Å²) in [5.74, 6) is 5.99. The molecule has 0 fully saturated rings. The molecule has 264 valence electrons. The molecule has 8 rings (SSSR count). The molecular formula is C49H38Au2P2+2. The molecule has 0 radical (unpaired) electrons. The molecule has 0 spiro atoms. The van der Waals surface area contributed by atoms with Gasteiger partial charge in [0.2, 0.25) is 0 Å². The number of hydrogen-bond donors (Lipinski definition) is 0. The Labute approximate surface area is 348 Å². The molecular weight excluding hydrogens is 1040 g/mol. The van der Waals surface area contributed by atoms with E-state index in [9.17, 15) is 0 Å². The van der Waals surface area contributed by atoms with Crippen LogP contribution < -0.4 is 21.2 Å². The van der Waals surface area contributed by atoms with Gasteiger partial charge in [-0.25, -0.2) is 0 Å².